The first-order valence-electron chi connectivity index (χ1n) is 28.5. The lowest BCUT2D eigenvalue weighted by Crippen LogP contribution is -1.94. The number of benzene rings is 11. The highest BCUT2D eigenvalue weighted by Crippen LogP contribution is 2.46. The van der Waals surface area contributed by atoms with Crippen molar-refractivity contribution in [1.82, 2.24) is 15.0 Å². The minimum Gasteiger partial charge on any atom is -0.256 e. The second-order valence-corrected chi connectivity index (χ2v) is 21.1. The van der Waals surface area contributed by atoms with Crippen LogP contribution in [0.2, 0.25) is 0 Å². The molecule has 0 atom stereocenters. The van der Waals surface area contributed by atoms with Gasteiger partial charge in [-0.05, 0) is 178 Å². The fraction of sp³-hybridized carbons (Fsp3) is 0. The average molecular weight is 1070 g/mol. The quantitative estimate of drug-likeness (QED) is 0.115. The van der Waals surface area contributed by atoms with Gasteiger partial charge >= 0.3 is 0 Å². The number of rotatable bonds is 13. The summed E-state index contributed by atoms with van der Waals surface area (Å²) >= 11 is 0. The molecule has 0 spiro atoms. The Morgan fingerprint density at radius 1 is 0.131 bits per heavy atom. The molecule has 0 saturated carbocycles. The first-order valence-corrected chi connectivity index (χ1v) is 28.5. The maximum atomic E-state index is 4.88. The summed E-state index contributed by atoms with van der Waals surface area (Å²) in [6.45, 7) is 0. The van der Waals surface area contributed by atoms with E-state index in [2.05, 4.69) is 291 Å². The smallest absolute Gasteiger partial charge is 0.0708 e. The molecule has 3 heterocycles. The topological polar surface area (TPSA) is 38.7 Å². The van der Waals surface area contributed by atoms with Crippen LogP contribution < -0.4 is 0 Å². The molecule has 14 rings (SSSR count). The molecule has 0 unspecified atom stereocenters. The summed E-state index contributed by atoms with van der Waals surface area (Å²) < 4.78 is 0. The van der Waals surface area contributed by atoms with E-state index in [1.165, 1.54) is 11.1 Å². The zero-order valence-electron chi connectivity index (χ0n) is 46.1. The summed E-state index contributed by atoms with van der Waals surface area (Å²) in [5, 5.41) is 0. The summed E-state index contributed by atoms with van der Waals surface area (Å²) in [5.41, 5.74) is 28.8. The third kappa shape index (κ3) is 10.5. The van der Waals surface area contributed by atoms with Crippen LogP contribution in [0.3, 0.4) is 0 Å². The molecule has 0 aliphatic carbocycles. The third-order valence-electron chi connectivity index (χ3n) is 15.9. The van der Waals surface area contributed by atoms with Gasteiger partial charge in [-0.3, -0.25) is 15.0 Å². The molecule has 0 radical (unpaired) electrons. The van der Waals surface area contributed by atoms with Crippen LogP contribution in [0.15, 0.2) is 334 Å². The van der Waals surface area contributed by atoms with E-state index in [0.29, 0.717) is 0 Å². The fourth-order valence-corrected chi connectivity index (χ4v) is 11.8. The molecule has 0 N–H and O–H groups in total. The van der Waals surface area contributed by atoms with E-state index in [1.54, 1.807) is 0 Å². The van der Waals surface area contributed by atoms with E-state index in [0.717, 1.165) is 134 Å². The van der Waals surface area contributed by atoms with Gasteiger partial charge in [0.15, 0.2) is 0 Å². The summed E-state index contributed by atoms with van der Waals surface area (Å²) in [7, 11) is 0. The minimum atomic E-state index is 0.928. The predicted molar refractivity (Wildman–Crippen MR) is 350 cm³/mol. The van der Waals surface area contributed by atoms with Crippen LogP contribution in [-0.2, 0) is 0 Å². The molecule has 84 heavy (non-hydrogen) atoms. The van der Waals surface area contributed by atoms with E-state index in [4.69, 9.17) is 15.0 Å². The molecule has 394 valence electrons. The Labute approximate surface area is 491 Å². The van der Waals surface area contributed by atoms with Gasteiger partial charge in [0.05, 0.1) is 17.1 Å². The van der Waals surface area contributed by atoms with Crippen molar-refractivity contribution in [3.8, 4) is 145 Å². The molecule has 3 nitrogen and oxygen atoms in total. The van der Waals surface area contributed by atoms with Crippen molar-refractivity contribution in [2.75, 3.05) is 0 Å². The lowest BCUT2D eigenvalue weighted by atomic mass is 9.84. The lowest BCUT2D eigenvalue weighted by molar-refractivity contribution is 1.33. The second-order valence-electron chi connectivity index (χ2n) is 21.1. The maximum Gasteiger partial charge on any atom is 0.0708 e. The van der Waals surface area contributed by atoms with E-state index >= 15 is 0 Å². The van der Waals surface area contributed by atoms with Gasteiger partial charge in [0.1, 0.15) is 0 Å². The van der Waals surface area contributed by atoms with Crippen LogP contribution in [0.4, 0.5) is 0 Å². The van der Waals surface area contributed by atoms with Crippen LogP contribution in [0.25, 0.3) is 145 Å². The normalized spacial score (nSPS) is 11.1. The molecule has 0 aliphatic heterocycles. The molecule has 0 fully saturated rings. The molecule has 0 amide bonds. The van der Waals surface area contributed by atoms with Crippen molar-refractivity contribution in [1.29, 1.82) is 0 Å². The Morgan fingerprint density at radius 3 is 0.893 bits per heavy atom. The Hall–Kier alpha value is -11.1. The zero-order chi connectivity index (χ0) is 56.0. The van der Waals surface area contributed by atoms with Gasteiger partial charge in [-0.2, -0.15) is 0 Å². The van der Waals surface area contributed by atoms with Gasteiger partial charge in [0, 0.05) is 35.3 Å². The molecule has 3 heteroatoms. The number of nitrogens with zero attached hydrogens (tertiary/aromatic N) is 3. The monoisotopic (exact) mass is 1070 g/mol. The largest absolute Gasteiger partial charge is 0.256 e. The molecule has 0 saturated heterocycles. The first kappa shape index (κ1) is 51.0. The standard InChI is InChI=1S/C81H55N3/c1-4-20-56(21-5-1)57-34-36-58(37-35-57)63-46-49-84-81(55-63)62-40-38-61(39-41-62)69-26-10-11-27-70(69)66-50-67(71-28-12-14-30-73(71)75-44-42-64(79-32-16-18-47-82-79)53-77(75)59-22-6-2-7-23-59)52-68(51-66)72-29-13-15-31-74(72)76-45-43-65(80-33-17-19-48-83-80)54-78(76)60-24-8-3-9-25-60/h1-55H. The van der Waals surface area contributed by atoms with Crippen molar-refractivity contribution in [2.24, 2.45) is 0 Å². The van der Waals surface area contributed by atoms with E-state index in [1.807, 2.05) is 42.9 Å². The van der Waals surface area contributed by atoms with Crippen molar-refractivity contribution < 1.29 is 0 Å². The van der Waals surface area contributed by atoms with Crippen molar-refractivity contribution >= 4 is 0 Å². The summed E-state index contributed by atoms with van der Waals surface area (Å²) in [5.74, 6) is 0. The maximum absolute atomic E-state index is 4.88. The summed E-state index contributed by atoms with van der Waals surface area (Å²) in [6.07, 6.45) is 5.64. The number of hydrogen-bond donors (Lipinski definition) is 0. The van der Waals surface area contributed by atoms with Crippen molar-refractivity contribution in [3.05, 3.63) is 334 Å². The van der Waals surface area contributed by atoms with Crippen molar-refractivity contribution in [3.63, 3.8) is 0 Å². The predicted octanol–water partition coefficient (Wildman–Crippen LogP) is 21.5. The van der Waals surface area contributed by atoms with Crippen LogP contribution in [0.1, 0.15) is 0 Å². The summed E-state index contributed by atoms with van der Waals surface area (Å²) in [4.78, 5) is 14.4. The Morgan fingerprint density at radius 2 is 0.440 bits per heavy atom. The van der Waals surface area contributed by atoms with Crippen LogP contribution in [-0.4, -0.2) is 15.0 Å². The highest BCUT2D eigenvalue weighted by molar-refractivity contribution is 5.99. The molecule has 11 aromatic carbocycles. The van der Waals surface area contributed by atoms with Gasteiger partial charge in [-0.25, -0.2) is 0 Å². The Bertz CT molecular complexity index is 4410. The highest BCUT2D eigenvalue weighted by atomic mass is 14.7. The van der Waals surface area contributed by atoms with Gasteiger partial charge in [-0.15, -0.1) is 0 Å². The SMILES string of the molecule is c1ccc(-c2ccc(-c3ccnc(-c4ccc(-c5ccccc5-c5cc(-c6ccccc6-c6ccc(-c7ccccn7)cc6-c6ccccc6)cc(-c6ccccc6-c6ccc(-c7ccccn7)cc6-c6ccccc6)c5)cc4)c3)cc2)cc1. The van der Waals surface area contributed by atoms with Crippen LogP contribution in [0.5, 0.6) is 0 Å². The highest BCUT2D eigenvalue weighted by Gasteiger charge is 2.20. The number of aromatic nitrogens is 3. The molecular formula is C81H55N3. The van der Waals surface area contributed by atoms with Gasteiger partial charge < -0.3 is 0 Å². The average Bonchev–Trinajstić information content (AvgIpc) is 2.47. The van der Waals surface area contributed by atoms with E-state index in [-0.39, 0.29) is 0 Å². The summed E-state index contributed by atoms with van der Waals surface area (Å²) in [6, 6.07) is 113. The molecule has 3 aromatic heterocycles. The third-order valence-corrected chi connectivity index (χ3v) is 15.9. The minimum absolute atomic E-state index is 0.928. The lowest BCUT2D eigenvalue weighted by Gasteiger charge is -2.20. The zero-order valence-corrected chi connectivity index (χ0v) is 46.1. The van der Waals surface area contributed by atoms with Crippen molar-refractivity contribution in [2.45, 2.75) is 0 Å². The molecule has 14 aromatic rings. The van der Waals surface area contributed by atoms with E-state index in [9.17, 15) is 0 Å². The van der Waals surface area contributed by atoms with E-state index < -0.39 is 0 Å². The number of pyridine rings is 3. The second kappa shape index (κ2) is 23.2. The van der Waals surface area contributed by atoms with Crippen LogP contribution >= 0.6 is 0 Å². The van der Waals surface area contributed by atoms with Crippen LogP contribution in [0, 0.1) is 0 Å². The molecule has 0 bridgehead atoms. The number of hydrogen-bond acceptors (Lipinski definition) is 3. The first-order chi connectivity index (χ1) is 41.6. The fourth-order valence-electron chi connectivity index (χ4n) is 11.8. The molecular weight excluding hydrogens is 1010 g/mol. The van der Waals surface area contributed by atoms with Gasteiger partial charge in [0.25, 0.3) is 0 Å². The Kier molecular flexibility index (Phi) is 14.1. The van der Waals surface area contributed by atoms with Gasteiger partial charge in [-0.1, -0.05) is 249 Å². The van der Waals surface area contributed by atoms with Gasteiger partial charge in [0.2, 0.25) is 0 Å². The molecule has 0 aliphatic rings. The Balaban J connectivity index is 0.911.